The fraction of sp³-hybridized carbons (Fsp3) is 0.364. The molecule has 0 saturated heterocycles. The van der Waals surface area contributed by atoms with Gasteiger partial charge in [0, 0.05) is 41.5 Å². The number of nitrogens with zero attached hydrogens (tertiary/aromatic N) is 2. The Morgan fingerprint density at radius 2 is 1.61 bits per heavy atom. The van der Waals surface area contributed by atoms with E-state index in [1.807, 2.05) is 24.3 Å². The van der Waals surface area contributed by atoms with Gasteiger partial charge in [0.05, 0.1) is 38.1 Å². The molecule has 5 rings (SSSR count). The number of hydrogen-bond acceptors (Lipinski definition) is 10. The van der Waals surface area contributed by atoms with Crippen LogP contribution in [0.15, 0.2) is 93.6 Å². The molecule has 3 aromatic rings. The zero-order valence-electron chi connectivity index (χ0n) is 25.6. The summed E-state index contributed by atoms with van der Waals surface area (Å²) < 4.78 is 75.7. The molecule has 9 nitrogen and oxygen atoms in total. The van der Waals surface area contributed by atoms with E-state index < -0.39 is 20.2 Å². The summed E-state index contributed by atoms with van der Waals surface area (Å²) >= 11 is 3.33. The highest BCUT2D eigenvalue weighted by Crippen LogP contribution is 2.46. The zero-order valence-corrected chi connectivity index (χ0v) is 28.9. The third kappa shape index (κ3) is 9.11. The molecule has 0 fully saturated rings. The van der Waals surface area contributed by atoms with Crippen molar-refractivity contribution >= 4 is 65.3 Å². The number of rotatable bonds is 14. The number of anilines is 1. The van der Waals surface area contributed by atoms with E-state index in [0.29, 0.717) is 38.8 Å². The van der Waals surface area contributed by atoms with Gasteiger partial charge in [-0.05, 0) is 80.0 Å². The van der Waals surface area contributed by atoms with E-state index in [1.54, 1.807) is 30.2 Å². The van der Waals surface area contributed by atoms with E-state index >= 15 is 0 Å². The van der Waals surface area contributed by atoms with Gasteiger partial charge in [-0.25, -0.2) is 16.8 Å². The van der Waals surface area contributed by atoms with E-state index in [2.05, 4.69) is 58.0 Å². The first kappa shape index (κ1) is 34.4. The Morgan fingerprint density at radius 1 is 0.891 bits per heavy atom. The predicted octanol–water partition coefficient (Wildman–Crippen LogP) is 6.32. The zero-order chi connectivity index (χ0) is 32.7. The maximum atomic E-state index is 11.1. The molecule has 0 unspecified atom stereocenters. The number of thiazole rings is 1. The van der Waals surface area contributed by atoms with Crippen molar-refractivity contribution in [2.24, 2.45) is 0 Å². The molecule has 0 N–H and O–H groups in total. The molecule has 0 amide bonds. The third-order valence-electron chi connectivity index (χ3n) is 7.86. The predicted molar refractivity (Wildman–Crippen MR) is 182 cm³/mol. The smallest absolute Gasteiger partial charge is 0.262 e. The Labute approximate surface area is 279 Å². The maximum absolute atomic E-state index is 11.1. The summed E-state index contributed by atoms with van der Waals surface area (Å²) in [5.41, 5.74) is 4.34. The second-order valence-corrected chi connectivity index (χ2v) is 16.3. The molecular weight excluding hydrogens is 665 g/mol. The Balaban J connectivity index is 1.38. The summed E-state index contributed by atoms with van der Waals surface area (Å²) in [7, 11) is -6.77. The molecular formula is C33H37N2O7S4-. The van der Waals surface area contributed by atoms with Gasteiger partial charge in [0.15, 0.2) is 6.54 Å². The highest BCUT2D eigenvalue weighted by Gasteiger charge is 2.25. The average molecular weight is 702 g/mol. The third-order valence-corrected chi connectivity index (χ3v) is 11.7. The number of para-hydroxylation sites is 2. The minimum Gasteiger partial charge on any atom is -0.748 e. The normalized spacial score (nSPS) is 17.6. The number of fused-ring (bicyclic) bond motifs is 2. The Morgan fingerprint density at radius 3 is 2.37 bits per heavy atom. The lowest BCUT2D eigenvalue weighted by molar-refractivity contribution is -0.669. The lowest BCUT2D eigenvalue weighted by Gasteiger charge is -2.22. The number of unbranched alkanes of at least 4 members (excludes halogenated alkanes) is 2. The van der Waals surface area contributed by atoms with Gasteiger partial charge in [0.1, 0.15) is 10.5 Å². The topological polar surface area (TPSA) is 131 Å². The largest absolute Gasteiger partial charge is 0.748 e. The van der Waals surface area contributed by atoms with Gasteiger partial charge in [0.25, 0.3) is 5.01 Å². The van der Waals surface area contributed by atoms with Crippen LogP contribution < -0.4 is 9.47 Å². The maximum Gasteiger partial charge on any atom is 0.262 e. The molecule has 246 valence electrons. The summed E-state index contributed by atoms with van der Waals surface area (Å²) in [6.07, 6.45) is 12.9. The molecule has 1 aromatic heterocycles. The number of aromatic nitrogens is 1. The van der Waals surface area contributed by atoms with Crippen LogP contribution in [0.5, 0.6) is 0 Å². The van der Waals surface area contributed by atoms with Crippen LogP contribution in [-0.2, 0) is 31.5 Å². The van der Waals surface area contributed by atoms with Crippen LogP contribution in [0.2, 0.25) is 0 Å². The Kier molecular flexibility index (Phi) is 11.4. The molecule has 1 aliphatic heterocycles. The van der Waals surface area contributed by atoms with E-state index in [-0.39, 0.29) is 11.5 Å². The molecule has 13 heteroatoms. The van der Waals surface area contributed by atoms with Crippen LogP contribution in [0.25, 0.3) is 16.3 Å². The fourth-order valence-electron chi connectivity index (χ4n) is 5.74. The van der Waals surface area contributed by atoms with Gasteiger partial charge >= 0.3 is 0 Å². The van der Waals surface area contributed by atoms with Crippen molar-refractivity contribution in [1.29, 1.82) is 0 Å². The van der Waals surface area contributed by atoms with E-state index in [4.69, 9.17) is 4.74 Å². The van der Waals surface area contributed by atoms with Crippen molar-refractivity contribution in [3.05, 3.63) is 93.7 Å². The molecule has 0 saturated carbocycles. The molecule has 0 spiro atoms. The minimum atomic E-state index is -4.23. The highest BCUT2D eigenvalue weighted by molar-refractivity contribution is 8.03. The SMILES string of the molecule is COC1=C(C=Cc2sc3ccccc3[n+]2CCCCS(=O)(=O)[O-])CCCC1=CC=C1Sc2ccccc2N1CCCCS(=O)(=O)[O-]. The molecule has 2 aliphatic rings. The van der Waals surface area contributed by atoms with Crippen LogP contribution in [0.3, 0.4) is 0 Å². The Hall–Kier alpha value is -2.94. The van der Waals surface area contributed by atoms with Gasteiger partial charge in [-0.3, -0.25) is 0 Å². The van der Waals surface area contributed by atoms with Crippen LogP contribution >= 0.6 is 23.1 Å². The number of ether oxygens (including phenoxy) is 1. The lowest BCUT2D eigenvalue weighted by atomic mass is 9.92. The minimum absolute atomic E-state index is 0.317. The molecule has 0 radical (unpaired) electrons. The molecule has 46 heavy (non-hydrogen) atoms. The van der Waals surface area contributed by atoms with Gasteiger partial charge in [-0.1, -0.05) is 53.4 Å². The first-order valence-electron chi connectivity index (χ1n) is 15.2. The quantitative estimate of drug-likeness (QED) is 0.108. The van der Waals surface area contributed by atoms with Gasteiger partial charge in [-0.2, -0.15) is 4.57 Å². The Bertz CT molecular complexity index is 1910. The van der Waals surface area contributed by atoms with Crippen molar-refractivity contribution in [3.8, 4) is 0 Å². The monoisotopic (exact) mass is 701 g/mol. The van der Waals surface area contributed by atoms with Crippen molar-refractivity contribution in [2.75, 3.05) is 30.1 Å². The van der Waals surface area contributed by atoms with Crippen LogP contribution in [0, 0.1) is 0 Å². The number of benzene rings is 2. The van der Waals surface area contributed by atoms with Crippen molar-refractivity contribution in [2.45, 2.75) is 56.4 Å². The molecule has 2 aromatic carbocycles. The fourth-order valence-corrected chi connectivity index (χ4v) is 9.04. The first-order valence-corrected chi connectivity index (χ1v) is 20.0. The number of allylic oxidation sites excluding steroid dienone is 5. The molecule has 0 atom stereocenters. The lowest BCUT2D eigenvalue weighted by Crippen LogP contribution is -2.35. The van der Waals surface area contributed by atoms with Crippen LogP contribution in [-0.4, -0.2) is 51.1 Å². The van der Waals surface area contributed by atoms with Crippen molar-refractivity contribution < 1.29 is 35.2 Å². The van der Waals surface area contributed by atoms with Gasteiger partial charge < -0.3 is 18.7 Å². The summed E-state index contributed by atoms with van der Waals surface area (Å²) in [6, 6.07) is 16.2. The summed E-state index contributed by atoms with van der Waals surface area (Å²) in [6.45, 7) is 1.22. The highest BCUT2D eigenvalue weighted by atomic mass is 32.2. The molecule has 0 bridgehead atoms. The standard InChI is InChI=1S/C33H38N2O7S4/c1-42-33-25(17-19-31-34(21-6-8-23-45(36,37)38)27-13-2-4-15-29(27)43-31)11-10-12-26(33)18-20-32-35(22-7-9-24-46(39,40)41)28-14-3-5-16-30(28)44-32/h2-5,13-20H,6-12,21-24H2,1H3,(H-,36,37,38,39,40,41)/p-1. The van der Waals surface area contributed by atoms with Crippen LogP contribution in [0.1, 0.15) is 50.0 Å². The summed E-state index contributed by atoms with van der Waals surface area (Å²) in [5.74, 6) is 0.134. The second kappa shape index (κ2) is 15.3. The number of hydrogen-bond donors (Lipinski definition) is 0. The van der Waals surface area contributed by atoms with E-state index in [9.17, 15) is 25.9 Å². The molecule has 1 aliphatic carbocycles. The second-order valence-electron chi connectivity index (χ2n) is 11.2. The van der Waals surface area contributed by atoms with Crippen molar-refractivity contribution in [3.63, 3.8) is 0 Å². The number of methoxy groups -OCH3 is 1. The number of thioether (sulfide) groups is 1. The van der Waals surface area contributed by atoms with E-state index in [0.717, 1.165) is 67.0 Å². The average Bonchev–Trinajstić information content (AvgIpc) is 3.55. The summed E-state index contributed by atoms with van der Waals surface area (Å²) in [5, 5.41) is 2.07. The van der Waals surface area contributed by atoms with E-state index in [1.165, 1.54) is 0 Å². The van der Waals surface area contributed by atoms with Gasteiger partial charge in [-0.15, -0.1) is 0 Å². The van der Waals surface area contributed by atoms with Crippen molar-refractivity contribution in [1.82, 2.24) is 0 Å². The van der Waals surface area contributed by atoms with Gasteiger partial charge in [0.2, 0.25) is 5.52 Å². The van der Waals surface area contributed by atoms with Crippen LogP contribution in [0.4, 0.5) is 5.69 Å². The summed E-state index contributed by atoms with van der Waals surface area (Å²) in [4.78, 5) is 3.31. The first-order chi connectivity index (χ1) is 22.0. The molecule has 2 heterocycles. The number of aryl methyl sites for hydroxylation is 1.